The lowest BCUT2D eigenvalue weighted by Crippen LogP contribution is -2.60. The van der Waals surface area contributed by atoms with Crippen molar-refractivity contribution < 1.29 is 70.3 Å². The van der Waals surface area contributed by atoms with E-state index in [2.05, 4.69) is 192 Å². The van der Waals surface area contributed by atoms with Crippen molar-refractivity contribution in [3.8, 4) is 0 Å². The topological polar surface area (TPSA) is 144 Å². The first-order valence-electron chi connectivity index (χ1n) is 31.5. The van der Waals surface area contributed by atoms with Gasteiger partial charge in [-0.05, 0) is 209 Å². The van der Waals surface area contributed by atoms with E-state index < -0.39 is 45.8 Å². The molecule has 1 N–H and O–H groups in total. The molecule has 14 rings (SSSR count). The highest BCUT2D eigenvalue weighted by molar-refractivity contribution is 7.97. The van der Waals surface area contributed by atoms with E-state index in [0.29, 0.717) is 57.8 Å². The number of benzene rings is 6. The number of ether oxygens (including phenoxy) is 6. The maximum atomic E-state index is 13.2. The van der Waals surface area contributed by atoms with Crippen LogP contribution >= 0.6 is 0 Å². The molecule has 6 aromatic rings. The number of hydrogen-bond donors (Lipinski definition) is 1. The first-order chi connectivity index (χ1) is 43.5. The highest BCUT2D eigenvalue weighted by Gasteiger charge is 2.64. The molecule has 0 aromatic heterocycles. The van der Waals surface area contributed by atoms with Crippen LogP contribution in [-0.2, 0) is 69.4 Å². The molecular weight excluding hydrogens is 1220 g/mol. The second-order valence-electron chi connectivity index (χ2n) is 26.7. The van der Waals surface area contributed by atoms with Crippen molar-refractivity contribution in [2.75, 3.05) is 34.9 Å². The summed E-state index contributed by atoms with van der Waals surface area (Å²) in [6.07, 6.45) is 9.03. The number of esters is 4. The molecule has 8 aliphatic rings. The minimum Gasteiger partial charge on any atom is -0.465 e. The molecule has 17 heteroatoms. The van der Waals surface area contributed by atoms with Crippen LogP contribution in [0.15, 0.2) is 175 Å². The van der Waals surface area contributed by atoms with Crippen LogP contribution in [0.25, 0.3) is 0 Å². The van der Waals surface area contributed by atoms with Gasteiger partial charge in [0.15, 0.2) is 43.0 Å². The quantitative estimate of drug-likeness (QED) is 0.0345. The van der Waals surface area contributed by atoms with Crippen LogP contribution in [-0.4, -0.2) is 86.9 Å². The summed E-state index contributed by atoms with van der Waals surface area (Å²) in [5.41, 5.74) is 5.13. The van der Waals surface area contributed by atoms with Gasteiger partial charge in [0, 0.05) is 34.5 Å². The third-order valence-electron chi connectivity index (χ3n) is 18.3. The Morgan fingerprint density at radius 2 is 0.685 bits per heavy atom. The fourth-order valence-corrected chi connectivity index (χ4v) is 18.9. The zero-order chi connectivity index (χ0) is 66.8. The van der Waals surface area contributed by atoms with Crippen molar-refractivity contribution in [3.63, 3.8) is 0 Å². The van der Waals surface area contributed by atoms with Gasteiger partial charge in [-0.3, -0.25) is 9.59 Å². The van der Waals surface area contributed by atoms with Gasteiger partial charge in [-0.25, -0.2) is 9.59 Å². The van der Waals surface area contributed by atoms with Crippen molar-refractivity contribution >= 4 is 45.7 Å². The van der Waals surface area contributed by atoms with E-state index in [1.807, 2.05) is 0 Å². The molecule has 6 aromatic carbocycles. The Kier molecular flexibility index (Phi) is 23.5. The largest absolute Gasteiger partial charge is 0.465 e. The SMILES string of the molecule is COC(=O)C(C)(F)F.COCOC(=O)C12CC3CC(CC(O)(C3)C1)C2.COCOC(=O)C12CC3CC(CC(OC(=O)C(C)(F)F)(C3)C1)C2.Cc1ccc([S+](c2ccc(C)cc2)c2ccc(C)cc2)cc1.Cc1ccc([S+](c2ccc(C)cc2)c2ccc(C)cc2)cc1. The number of aliphatic hydroxyl groups is 1. The Bertz CT molecular complexity index is 3040. The summed E-state index contributed by atoms with van der Waals surface area (Å²) in [6, 6.07) is 53.6. The number of carbonyl (C=O) groups excluding carboxylic acids is 4. The van der Waals surface area contributed by atoms with E-state index >= 15 is 0 Å². The van der Waals surface area contributed by atoms with E-state index in [9.17, 15) is 41.8 Å². The van der Waals surface area contributed by atoms with Crippen molar-refractivity contribution in [1.82, 2.24) is 0 Å². The monoisotopic (exact) mass is 1310 g/mol. The van der Waals surface area contributed by atoms with Gasteiger partial charge in [-0.15, -0.1) is 0 Å². The van der Waals surface area contributed by atoms with Crippen LogP contribution in [0.5, 0.6) is 0 Å². The zero-order valence-corrected chi connectivity index (χ0v) is 56.6. The van der Waals surface area contributed by atoms with Gasteiger partial charge >= 0.3 is 35.7 Å². The predicted molar refractivity (Wildman–Crippen MR) is 349 cm³/mol. The van der Waals surface area contributed by atoms with Crippen molar-refractivity contribution in [2.45, 2.75) is 185 Å². The molecule has 4 atom stereocenters. The van der Waals surface area contributed by atoms with Crippen LogP contribution in [0.2, 0.25) is 0 Å². The molecule has 0 aliphatic heterocycles. The first kappa shape index (κ1) is 71.4. The third kappa shape index (κ3) is 18.2. The van der Waals surface area contributed by atoms with Crippen LogP contribution in [0, 0.1) is 76.0 Å². The van der Waals surface area contributed by atoms with Gasteiger partial charge in [0.05, 0.1) is 45.3 Å². The third-order valence-corrected chi connectivity index (χ3v) is 22.7. The first-order valence-corrected chi connectivity index (χ1v) is 33.9. The second-order valence-corrected chi connectivity index (χ2v) is 30.8. The fourth-order valence-electron chi connectivity index (χ4n) is 14.8. The molecule has 0 spiro atoms. The van der Waals surface area contributed by atoms with Crippen molar-refractivity contribution in [2.24, 2.45) is 34.5 Å². The molecule has 0 amide bonds. The summed E-state index contributed by atoms with van der Waals surface area (Å²) >= 11 is 0. The lowest BCUT2D eigenvalue weighted by atomic mass is 9.48. The number of rotatable bonds is 15. The van der Waals surface area contributed by atoms with Crippen LogP contribution in [0.4, 0.5) is 17.6 Å². The lowest BCUT2D eigenvalue weighted by Gasteiger charge is -2.59. The van der Waals surface area contributed by atoms with Gasteiger partial charge in [0.1, 0.15) is 5.60 Å². The minimum atomic E-state index is -3.52. The maximum absolute atomic E-state index is 13.2. The van der Waals surface area contributed by atoms with E-state index in [0.717, 1.165) is 39.2 Å². The second kappa shape index (κ2) is 30.3. The Hall–Kier alpha value is -6.50. The number of carbonyl (C=O) groups is 4. The van der Waals surface area contributed by atoms with Crippen LogP contribution in [0.1, 0.15) is 124 Å². The van der Waals surface area contributed by atoms with E-state index in [1.165, 1.54) is 83.4 Å². The summed E-state index contributed by atoms with van der Waals surface area (Å²) < 4.78 is 78.6. The molecule has 0 saturated heterocycles. The summed E-state index contributed by atoms with van der Waals surface area (Å²) in [7, 11) is 3.78. The molecule has 8 aliphatic carbocycles. The van der Waals surface area contributed by atoms with Crippen molar-refractivity contribution in [3.05, 3.63) is 179 Å². The summed E-state index contributed by atoms with van der Waals surface area (Å²) in [6.45, 7) is 13.7. The normalized spacial score (nSPS) is 24.5. The summed E-state index contributed by atoms with van der Waals surface area (Å²) in [5, 5.41) is 10.5. The summed E-state index contributed by atoms with van der Waals surface area (Å²) in [4.78, 5) is 54.5. The average molecular weight is 1310 g/mol. The van der Waals surface area contributed by atoms with E-state index in [1.54, 1.807) is 0 Å². The number of halogens is 4. The maximum Gasteiger partial charge on any atom is 0.377 e. The molecule has 0 heterocycles. The Morgan fingerprint density at radius 3 is 0.913 bits per heavy atom. The lowest BCUT2D eigenvalue weighted by molar-refractivity contribution is -0.227. The number of alkyl halides is 4. The smallest absolute Gasteiger partial charge is 0.377 e. The zero-order valence-electron chi connectivity index (χ0n) is 54.9. The Balaban J connectivity index is 0.000000152. The van der Waals surface area contributed by atoms with E-state index in [4.69, 9.17) is 23.7 Å². The molecule has 0 radical (unpaired) electrons. The molecular formula is C75H90F4O11S2+2. The number of hydrogen-bond acceptors (Lipinski definition) is 11. The Morgan fingerprint density at radius 1 is 0.424 bits per heavy atom. The molecule has 494 valence electrons. The average Bonchev–Trinajstić information content (AvgIpc) is 0.727. The highest BCUT2D eigenvalue weighted by Crippen LogP contribution is 2.64. The van der Waals surface area contributed by atoms with Crippen molar-refractivity contribution in [1.29, 1.82) is 0 Å². The van der Waals surface area contributed by atoms with Crippen LogP contribution < -0.4 is 0 Å². The van der Waals surface area contributed by atoms with Gasteiger partial charge in [-0.2, -0.15) is 17.6 Å². The highest BCUT2D eigenvalue weighted by atomic mass is 32.2. The molecule has 4 unspecified atom stereocenters. The fraction of sp³-hybridized carbons (Fsp3) is 0.467. The van der Waals surface area contributed by atoms with Gasteiger partial charge in [0.25, 0.3) is 0 Å². The van der Waals surface area contributed by atoms with Gasteiger partial charge in [-0.1, -0.05) is 106 Å². The standard InChI is InChI=1S/2C21H21S.C16H22F2O5.C13H20O4.C4H6F2O2/c2*1-16-4-10-19(11-5-16)22(20-12-6-17(2)7-13-20)21-14-8-18(3)9-15-21;1-14(17,18)12(19)23-16-6-10-3-11(7-16)5-15(4-10,8-16)13(20)22-9-21-2;1-16-8-17-11(14)12-3-9-2-10(4-12)6-13(15,5-9)7-12;1-4(5,6)3(7)8-2/h2*4-15H,1-3H3;10-11H,3-9H2,1-2H3;9-10,15H,2-8H2,1H3;1-2H3/q2*+1;;;. The molecule has 92 heavy (non-hydrogen) atoms. The van der Waals surface area contributed by atoms with Gasteiger partial charge < -0.3 is 33.5 Å². The molecule has 8 fully saturated rings. The predicted octanol–water partition coefficient (Wildman–Crippen LogP) is 16.4. The van der Waals surface area contributed by atoms with Gasteiger partial charge in [0.2, 0.25) is 0 Å². The number of aryl methyl sites for hydroxylation is 6. The molecule has 11 nitrogen and oxygen atoms in total. The summed E-state index contributed by atoms with van der Waals surface area (Å²) in [5.74, 6) is -8.95. The van der Waals surface area contributed by atoms with Crippen LogP contribution in [0.3, 0.4) is 0 Å². The Labute approximate surface area is 546 Å². The molecule has 8 bridgehead atoms. The van der Waals surface area contributed by atoms with E-state index in [-0.39, 0.29) is 65.6 Å². The minimum absolute atomic E-state index is 0.0222. The molecule has 8 saturated carbocycles. The number of methoxy groups -OCH3 is 3.